The molecule has 0 rings (SSSR count). The van der Waals surface area contributed by atoms with E-state index in [0.717, 1.165) is 0 Å². The number of rotatable bonds is 4. The molecule has 4 nitrogen and oxygen atoms in total. The van der Waals surface area contributed by atoms with Crippen LogP contribution in [0.1, 0.15) is 0 Å². The van der Waals surface area contributed by atoms with E-state index < -0.39 is 0 Å². The summed E-state index contributed by atoms with van der Waals surface area (Å²) in [5.41, 5.74) is 5.07. The van der Waals surface area contributed by atoms with Gasteiger partial charge in [0.15, 0.2) is 12.5 Å². The fourth-order valence-corrected chi connectivity index (χ4v) is 0.371. The highest BCUT2D eigenvalue weighted by atomic mass is 16.5. The number of ether oxygens (including phenoxy) is 1. The molecule has 0 aliphatic heterocycles. The molecular weight excluding hydrogens is 132 g/mol. The van der Waals surface area contributed by atoms with Crippen molar-refractivity contribution >= 4 is 12.7 Å². The molecular formula is C6H11N2O2+. The molecule has 0 aromatic heterocycles. The number of nitrogens with two attached hydrogens (primary N) is 1. The largest absolute Gasteiger partial charge is 0.442 e. The molecule has 0 spiro atoms. The maximum atomic E-state index is 9.74. The summed E-state index contributed by atoms with van der Waals surface area (Å²) < 4.78 is 6.32. The molecule has 0 aromatic rings. The first kappa shape index (κ1) is 8.68. The molecule has 10 heavy (non-hydrogen) atoms. The van der Waals surface area contributed by atoms with Crippen molar-refractivity contribution in [2.24, 2.45) is 5.73 Å². The van der Waals surface area contributed by atoms with Crippen LogP contribution in [0.3, 0.4) is 0 Å². The van der Waals surface area contributed by atoms with E-state index >= 15 is 0 Å². The summed E-state index contributed by atoms with van der Waals surface area (Å²) in [6.45, 7) is 0.0722. The topological polar surface area (TPSA) is 55.3 Å². The summed E-state index contributed by atoms with van der Waals surface area (Å²) in [6, 6.07) is 0. The van der Waals surface area contributed by atoms with E-state index in [4.69, 9.17) is 10.5 Å². The van der Waals surface area contributed by atoms with Crippen molar-refractivity contribution in [2.75, 3.05) is 13.7 Å². The van der Waals surface area contributed by atoms with Gasteiger partial charge in [-0.05, 0) is 0 Å². The van der Waals surface area contributed by atoms with Crippen LogP contribution in [-0.4, -0.2) is 30.9 Å². The molecule has 0 atom stereocenters. The summed E-state index contributed by atoms with van der Waals surface area (Å²) in [7, 11) is 1.74. The average molecular weight is 143 g/mol. The molecule has 56 valence electrons. The molecule has 0 unspecified atom stereocenters. The van der Waals surface area contributed by atoms with E-state index in [0.29, 0.717) is 6.29 Å². The van der Waals surface area contributed by atoms with E-state index in [1.54, 1.807) is 17.8 Å². The fraction of sp³-hybridized carbons (Fsp3) is 0.333. The highest BCUT2D eigenvalue weighted by Gasteiger charge is 1.85. The van der Waals surface area contributed by atoms with Crippen LogP contribution in [0.5, 0.6) is 0 Å². The van der Waals surface area contributed by atoms with Crippen molar-refractivity contribution in [3.8, 4) is 0 Å². The van der Waals surface area contributed by atoms with Crippen LogP contribution >= 0.6 is 0 Å². The molecule has 0 aliphatic carbocycles. The van der Waals surface area contributed by atoms with E-state index in [9.17, 15) is 4.79 Å². The van der Waals surface area contributed by atoms with Crippen molar-refractivity contribution in [3.05, 3.63) is 12.4 Å². The molecule has 0 saturated carbocycles. The smallest absolute Gasteiger partial charge is 0.329 e. The molecule has 0 amide bonds. The molecule has 0 aromatic carbocycles. The van der Waals surface area contributed by atoms with Gasteiger partial charge in [0.1, 0.15) is 13.7 Å². The number of aldehydes is 1. The van der Waals surface area contributed by atoms with E-state index in [-0.39, 0.29) is 6.61 Å². The minimum atomic E-state index is 0.0722. The van der Waals surface area contributed by atoms with E-state index in [1.165, 1.54) is 12.6 Å². The minimum absolute atomic E-state index is 0.0722. The van der Waals surface area contributed by atoms with Crippen LogP contribution in [-0.2, 0) is 9.53 Å². The lowest BCUT2D eigenvalue weighted by Gasteiger charge is -1.87. The van der Waals surface area contributed by atoms with Crippen molar-refractivity contribution in [1.82, 2.24) is 0 Å². The van der Waals surface area contributed by atoms with Crippen LogP contribution in [0.2, 0.25) is 0 Å². The molecule has 0 aliphatic rings. The molecule has 4 heteroatoms. The summed E-state index contributed by atoms with van der Waals surface area (Å²) in [6.07, 6.45) is 5.06. The van der Waals surface area contributed by atoms with Gasteiger partial charge in [0, 0.05) is 0 Å². The Morgan fingerprint density at radius 2 is 2.40 bits per heavy atom. The minimum Gasteiger partial charge on any atom is -0.442 e. The first-order valence-corrected chi connectivity index (χ1v) is 2.80. The van der Waals surface area contributed by atoms with Gasteiger partial charge in [-0.2, -0.15) is 4.58 Å². The van der Waals surface area contributed by atoms with Gasteiger partial charge in [-0.25, -0.2) is 0 Å². The van der Waals surface area contributed by atoms with Gasteiger partial charge in [-0.1, -0.05) is 0 Å². The second kappa shape index (κ2) is 5.81. The maximum Gasteiger partial charge on any atom is 0.329 e. The van der Waals surface area contributed by atoms with Gasteiger partial charge in [0.25, 0.3) is 0 Å². The highest BCUT2D eigenvalue weighted by Crippen LogP contribution is 1.68. The third kappa shape index (κ3) is 4.83. The number of hydrogen-bond donors (Lipinski definition) is 1. The molecule has 0 heterocycles. The second-order valence-electron chi connectivity index (χ2n) is 1.61. The van der Waals surface area contributed by atoms with E-state index in [2.05, 4.69) is 0 Å². The standard InChI is InChI=1S/C6H11N2O2/c1-8(3-2-7)6-10-5-4-9/h2-4,6H,5,7H2,1H3/q+1/b3-2-,8-6?. The first-order valence-electron chi connectivity index (χ1n) is 2.80. The van der Waals surface area contributed by atoms with E-state index in [1.807, 2.05) is 0 Å². The Morgan fingerprint density at radius 3 is 2.90 bits per heavy atom. The van der Waals surface area contributed by atoms with Crippen molar-refractivity contribution in [2.45, 2.75) is 0 Å². The van der Waals surface area contributed by atoms with Crippen LogP contribution in [0, 0.1) is 0 Å². The summed E-state index contributed by atoms with van der Waals surface area (Å²) >= 11 is 0. The van der Waals surface area contributed by atoms with Crippen LogP contribution in [0.4, 0.5) is 0 Å². The summed E-state index contributed by atoms with van der Waals surface area (Å²) in [4.78, 5) is 9.74. The zero-order valence-electron chi connectivity index (χ0n) is 5.86. The van der Waals surface area contributed by atoms with Crippen molar-refractivity contribution < 1.29 is 14.1 Å². The first-order chi connectivity index (χ1) is 4.81. The predicted octanol–water partition coefficient (Wildman–Crippen LogP) is -0.698. The quantitative estimate of drug-likeness (QED) is 0.186. The number of carbonyl (C=O) groups is 1. The highest BCUT2D eigenvalue weighted by molar-refractivity contribution is 5.54. The van der Waals surface area contributed by atoms with Gasteiger partial charge in [-0.3, -0.25) is 4.79 Å². The Bertz CT molecular complexity index is 152. The Hall–Kier alpha value is -1.32. The second-order valence-corrected chi connectivity index (χ2v) is 1.61. The Balaban J connectivity index is 3.57. The Morgan fingerprint density at radius 1 is 1.70 bits per heavy atom. The normalized spacial score (nSPS) is 11.9. The summed E-state index contributed by atoms with van der Waals surface area (Å²) in [5.74, 6) is 0. The summed E-state index contributed by atoms with van der Waals surface area (Å²) in [5, 5.41) is 0. The average Bonchev–Trinajstić information content (AvgIpc) is 1.89. The SMILES string of the molecule is C[N+](=COCC=O)/C=C\N. The number of carbonyl (C=O) groups excluding carboxylic acids is 1. The lowest BCUT2D eigenvalue weighted by molar-refractivity contribution is -0.426. The maximum absolute atomic E-state index is 9.74. The predicted molar refractivity (Wildman–Crippen MR) is 37.6 cm³/mol. The van der Waals surface area contributed by atoms with Gasteiger partial charge < -0.3 is 10.5 Å². The third-order valence-corrected chi connectivity index (χ3v) is 0.726. The van der Waals surface area contributed by atoms with Gasteiger partial charge >= 0.3 is 6.40 Å². The lowest BCUT2D eigenvalue weighted by Crippen LogP contribution is -2.03. The van der Waals surface area contributed by atoms with Crippen LogP contribution in [0.25, 0.3) is 0 Å². The zero-order chi connectivity index (χ0) is 7.82. The zero-order valence-corrected chi connectivity index (χ0v) is 5.86. The molecule has 2 N–H and O–H groups in total. The molecule has 0 radical (unpaired) electrons. The Labute approximate surface area is 59.6 Å². The van der Waals surface area contributed by atoms with Gasteiger partial charge in [0.2, 0.25) is 0 Å². The van der Waals surface area contributed by atoms with Crippen LogP contribution in [0.15, 0.2) is 12.4 Å². The van der Waals surface area contributed by atoms with Crippen LogP contribution < -0.4 is 5.73 Å². The monoisotopic (exact) mass is 143 g/mol. The third-order valence-electron chi connectivity index (χ3n) is 0.726. The lowest BCUT2D eigenvalue weighted by atomic mass is 10.8. The molecule has 0 bridgehead atoms. The molecule has 0 fully saturated rings. The number of hydrogen-bond acceptors (Lipinski definition) is 3. The van der Waals surface area contributed by atoms with Gasteiger partial charge in [-0.15, -0.1) is 0 Å². The van der Waals surface area contributed by atoms with Crippen molar-refractivity contribution in [3.63, 3.8) is 0 Å². The fourth-order valence-electron chi connectivity index (χ4n) is 0.371. The molecule has 0 saturated heterocycles. The number of nitrogens with zero attached hydrogens (tertiary/aromatic N) is 1. The van der Waals surface area contributed by atoms with Gasteiger partial charge in [0.05, 0.1) is 6.20 Å². The Kier molecular flexibility index (Phi) is 5.04. The van der Waals surface area contributed by atoms with Crippen molar-refractivity contribution in [1.29, 1.82) is 0 Å².